The number of rotatable bonds is 3. The van der Waals surface area contributed by atoms with Crippen molar-refractivity contribution in [1.29, 1.82) is 0 Å². The molecule has 0 radical (unpaired) electrons. The molecule has 3 atom stereocenters. The first kappa shape index (κ1) is 16.3. The third kappa shape index (κ3) is 3.23. The highest BCUT2D eigenvalue weighted by molar-refractivity contribution is 5.94. The predicted molar refractivity (Wildman–Crippen MR) is 84.5 cm³/mol. The van der Waals surface area contributed by atoms with Gasteiger partial charge in [-0.05, 0) is 42.4 Å². The molecule has 0 spiro atoms. The molecule has 1 aliphatic heterocycles. The summed E-state index contributed by atoms with van der Waals surface area (Å²) in [6.45, 7) is 2.28. The van der Waals surface area contributed by atoms with Gasteiger partial charge in [-0.3, -0.25) is 4.79 Å². The Morgan fingerprint density at radius 3 is 2.62 bits per heavy atom. The predicted octanol–water partition coefficient (Wildman–Crippen LogP) is 2.06. The number of hydrogen-bond acceptors (Lipinski definition) is 3. The lowest BCUT2D eigenvalue weighted by atomic mass is 9.98. The van der Waals surface area contributed by atoms with Gasteiger partial charge in [-0.2, -0.15) is 0 Å². The van der Waals surface area contributed by atoms with Crippen molar-refractivity contribution >= 4 is 18.3 Å². The van der Waals surface area contributed by atoms with Crippen LogP contribution in [-0.4, -0.2) is 37.0 Å². The molecule has 1 aromatic carbocycles. The van der Waals surface area contributed by atoms with Gasteiger partial charge in [0.2, 0.25) is 0 Å². The monoisotopic (exact) mass is 310 g/mol. The van der Waals surface area contributed by atoms with Gasteiger partial charge in [0.1, 0.15) is 0 Å². The zero-order valence-electron chi connectivity index (χ0n) is 12.3. The van der Waals surface area contributed by atoms with E-state index in [4.69, 9.17) is 10.5 Å². The minimum Gasteiger partial charge on any atom is -0.380 e. The fourth-order valence-electron chi connectivity index (χ4n) is 3.57. The van der Waals surface area contributed by atoms with Gasteiger partial charge in [-0.25, -0.2) is 0 Å². The topological polar surface area (TPSA) is 55.6 Å². The van der Waals surface area contributed by atoms with Gasteiger partial charge in [0, 0.05) is 31.8 Å². The molecule has 1 saturated heterocycles. The SMILES string of the molecule is COCc1ccc(C(=O)N2CC3CCC(N)C3C2)cc1.Cl. The van der Waals surface area contributed by atoms with Gasteiger partial charge in [0.05, 0.1) is 6.61 Å². The Hall–Kier alpha value is -1.10. The van der Waals surface area contributed by atoms with E-state index in [9.17, 15) is 4.79 Å². The number of ether oxygens (including phenoxy) is 1. The van der Waals surface area contributed by atoms with Crippen molar-refractivity contribution in [2.24, 2.45) is 17.6 Å². The maximum atomic E-state index is 12.5. The van der Waals surface area contributed by atoms with E-state index in [1.807, 2.05) is 29.2 Å². The van der Waals surface area contributed by atoms with E-state index in [0.717, 1.165) is 30.6 Å². The fourth-order valence-corrected chi connectivity index (χ4v) is 3.57. The second-order valence-electron chi connectivity index (χ2n) is 6.01. The number of fused-ring (bicyclic) bond motifs is 1. The zero-order valence-corrected chi connectivity index (χ0v) is 13.1. The van der Waals surface area contributed by atoms with E-state index in [0.29, 0.717) is 18.4 Å². The molecular formula is C16H23ClN2O2. The summed E-state index contributed by atoms with van der Waals surface area (Å²) < 4.78 is 5.08. The van der Waals surface area contributed by atoms with Crippen LogP contribution in [0, 0.1) is 11.8 Å². The molecule has 4 nitrogen and oxygen atoms in total. The highest BCUT2D eigenvalue weighted by Crippen LogP contribution is 2.37. The van der Waals surface area contributed by atoms with E-state index < -0.39 is 0 Å². The summed E-state index contributed by atoms with van der Waals surface area (Å²) in [6, 6.07) is 7.98. The van der Waals surface area contributed by atoms with E-state index in [1.165, 1.54) is 6.42 Å². The van der Waals surface area contributed by atoms with Gasteiger partial charge < -0.3 is 15.4 Å². The van der Waals surface area contributed by atoms with Crippen LogP contribution in [0.1, 0.15) is 28.8 Å². The minimum absolute atomic E-state index is 0. The standard InChI is InChI=1S/C16H22N2O2.ClH/c1-20-10-11-2-4-12(5-3-11)16(19)18-8-13-6-7-15(17)14(13)9-18;/h2-5,13-15H,6-10,17H2,1H3;1H. The molecule has 1 aliphatic carbocycles. The summed E-state index contributed by atoms with van der Waals surface area (Å²) in [5, 5.41) is 0. The molecule has 21 heavy (non-hydrogen) atoms. The number of nitrogens with two attached hydrogens (primary N) is 1. The first-order valence-electron chi connectivity index (χ1n) is 7.32. The van der Waals surface area contributed by atoms with Gasteiger partial charge in [0.15, 0.2) is 0 Å². The number of likely N-dealkylation sites (tertiary alicyclic amines) is 1. The summed E-state index contributed by atoms with van der Waals surface area (Å²) in [7, 11) is 1.67. The van der Waals surface area contributed by atoms with Gasteiger partial charge in [-0.1, -0.05) is 12.1 Å². The van der Waals surface area contributed by atoms with Crippen molar-refractivity contribution in [1.82, 2.24) is 4.90 Å². The highest BCUT2D eigenvalue weighted by atomic mass is 35.5. The van der Waals surface area contributed by atoms with Crippen molar-refractivity contribution in [3.05, 3.63) is 35.4 Å². The van der Waals surface area contributed by atoms with Crippen molar-refractivity contribution in [3.8, 4) is 0 Å². The Labute approximate surface area is 132 Å². The molecule has 116 valence electrons. The zero-order chi connectivity index (χ0) is 14.1. The summed E-state index contributed by atoms with van der Waals surface area (Å²) in [6.07, 6.45) is 2.28. The van der Waals surface area contributed by atoms with Gasteiger partial charge in [0.25, 0.3) is 5.91 Å². The number of halogens is 1. The van der Waals surface area contributed by atoms with Crippen LogP contribution in [0.3, 0.4) is 0 Å². The molecule has 1 amide bonds. The number of carbonyl (C=O) groups excluding carboxylic acids is 1. The average molecular weight is 311 g/mol. The summed E-state index contributed by atoms with van der Waals surface area (Å²) in [5.74, 6) is 1.25. The number of benzene rings is 1. The molecule has 0 aromatic heterocycles. The first-order chi connectivity index (χ1) is 9.69. The maximum absolute atomic E-state index is 12.5. The second kappa shape index (κ2) is 6.77. The number of carbonyl (C=O) groups is 1. The number of hydrogen-bond donors (Lipinski definition) is 1. The lowest BCUT2D eigenvalue weighted by Gasteiger charge is -2.19. The Bertz CT molecular complexity index is 492. The third-order valence-electron chi connectivity index (χ3n) is 4.71. The molecule has 1 aromatic rings. The quantitative estimate of drug-likeness (QED) is 0.930. The molecule has 3 unspecified atom stereocenters. The Morgan fingerprint density at radius 2 is 2.00 bits per heavy atom. The molecule has 0 bridgehead atoms. The second-order valence-corrected chi connectivity index (χ2v) is 6.01. The molecular weight excluding hydrogens is 288 g/mol. The fraction of sp³-hybridized carbons (Fsp3) is 0.562. The normalized spacial score (nSPS) is 27.3. The number of nitrogens with zero attached hydrogens (tertiary/aromatic N) is 1. The molecule has 1 saturated carbocycles. The van der Waals surface area contributed by atoms with Crippen molar-refractivity contribution < 1.29 is 9.53 Å². The third-order valence-corrected chi connectivity index (χ3v) is 4.71. The van der Waals surface area contributed by atoms with Crippen molar-refractivity contribution in [2.75, 3.05) is 20.2 Å². The average Bonchev–Trinajstić information content (AvgIpc) is 3.02. The van der Waals surface area contributed by atoms with Gasteiger partial charge >= 0.3 is 0 Å². The van der Waals surface area contributed by atoms with E-state index >= 15 is 0 Å². The smallest absolute Gasteiger partial charge is 0.253 e. The van der Waals surface area contributed by atoms with Crippen LogP contribution in [0.5, 0.6) is 0 Å². The lowest BCUT2D eigenvalue weighted by molar-refractivity contribution is 0.0779. The number of amides is 1. The molecule has 2 N–H and O–H groups in total. The van der Waals surface area contributed by atoms with Crippen LogP contribution in [0.2, 0.25) is 0 Å². The molecule has 3 rings (SSSR count). The van der Waals surface area contributed by atoms with E-state index in [-0.39, 0.29) is 24.4 Å². The molecule has 2 aliphatic rings. The lowest BCUT2D eigenvalue weighted by Crippen LogP contribution is -2.33. The molecule has 1 heterocycles. The Balaban J connectivity index is 0.00000161. The summed E-state index contributed by atoms with van der Waals surface area (Å²) >= 11 is 0. The van der Waals surface area contributed by atoms with E-state index in [2.05, 4.69) is 0 Å². The minimum atomic E-state index is 0. The summed E-state index contributed by atoms with van der Waals surface area (Å²) in [4.78, 5) is 14.5. The van der Waals surface area contributed by atoms with Crippen LogP contribution in [0.15, 0.2) is 24.3 Å². The number of methoxy groups -OCH3 is 1. The Kier molecular flexibility index (Phi) is 5.25. The largest absolute Gasteiger partial charge is 0.380 e. The highest BCUT2D eigenvalue weighted by Gasteiger charge is 2.42. The molecule has 2 fully saturated rings. The van der Waals surface area contributed by atoms with Crippen molar-refractivity contribution in [2.45, 2.75) is 25.5 Å². The van der Waals surface area contributed by atoms with Gasteiger partial charge in [-0.15, -0.1) is 12.4 Å². The maximum Gasteiger partial charge on any atom is 0.253 e. The summed E-state index contributed by atoms with van der Waals surface area (Å²) in [5.41, 5.74) is 7.97. The molecule has 5 heteroatoms. The van der Waals surface area contributed by atoms with Crippen molar-refractivity contribution in [3.63, 3.8) is 0 Å². The van der Waals surface area contributed by atoms with Crippen LogP contribution >= 0.6 is 12.4 Å². The van der Waals surface area contributed by atoms with Crippen LogP contribution < -0.4 is 5.73 Å². The van der Waals surface area contributed by atoms with E-state index in [1.54, 1.807) is 7.11 Å². The Morgan fingerprint density at radius 1 is 1.29 bits per heavy atom. The van der Waals surface area contributed by atoms with Crippen LogP contribution in [0.25, 0.3) is 0 Å². The first-order valence-corrected chi connectivity index (χ1v) is 7.32. The van der Waals surface area contributed by atoms with Crippen LogP contribution in [-0.2, 0) is 11.3 Å². The van der Waals surface area contributed by atoms with Crippen LogP contribution in [0.4, 0.5) is 0 Å².